The Bertz CT molecular complexity index is 343. The van der Waals surface area contributed by atoms with E-state index >= 15 is 0 Å². The highest BCUT2D eigenvalue weighted by Crippen LogP contribution is 1.97. The second kappa shape index (κ2) is 7.88. The lowest BCUT2D eigenvalue weighted by molar-refractivity contribution is -0.145. The number of carbonyl (C=O) groups excluding carboxylic acids is 1. The molecule has 0 saturated carbocycles. The number of nitrogens with zero attached hydrogens (tertiary/aromatic N) is 1. The van der Waals surface area contributed by atoms with Crippen molar-refractivity contribution < 1.29 is 24.6 Å². The SMILES string of the molecule is C=CCN(CC=C)C(=O)N[C@@H](CC(=O)O)C(=O)O. The number of amides is 2. The number of rotatable bonds is 8. The minimum atomic E-state index is -1.47. The number of hydrogen-bond donors (Lipinski definition) is 3. The average Bonchev–Trinajstić information content (AvgIpc) is 2.27. The van der Waals surface area contributed by atoms with Gasteiger partial charge in [0.15, 0.2) is 0 Å². The fourth-order valence-corrected chi connectivity index (χ4v) is 1.17. The van der Waals surface area contributed by atoms with Gasteiger partial charge in [0.25, 0.3) is 0 Å². The summed E-state index contributed by atoms with van der Waals surface area (Å²) in [5.74, 6) is -2.70. The molecule has 0 fully saturated rings. The third-order valence-corrected chi connectivity index (χ3v) is 1.96. The van der Waals surface area contributed by atoms with E-state index in [9.17, 15) is 14.4 Å². The number of urea groups is 1. The number of nitrogens with one attached hydrogen (secondary N) is 1. The van der Waals surface area contributed by atoms with E-state index < -0.39 is 30.4 Å². The second-order valence-corrected chi connectivity index (χ2v) is 3.42. The van der Waals surface area contributed by atoms with E-state index in [0.29, 0.717) is 0 Å². The first-order chi connectivity index (χ1) is 8.42. The van der Waals surface area contributed by atoms with Gasteiger partial charge in [0.05, 0.1) is 6.42 Å². The molecule has 7 nitrogen and oxygen atoms in total. The Labute approximate surface area is 104 Å². The van der Waals surface area contributed by atoms with Gasteiger partial charge in [-0.1, -0.05) is 12.2 Å². The number of carboxylic acids is 2. The minimum absolute atomic E-state index is 0.206. The summed E-state index contributed by atoms with van der Waals surface area (Å²) in [6, 6.07) is -2.14. The Morgan fingerprint density at radius 1 is 1.17 bits per heavy atom. The van der Waals surface area contributed by atoms with E-state index in [4.69, 9.17) is 10.2 Å². The number of carbonyl (C=O) groups is 3. The van der Waals surface area contributed by atoms with Crippen LogP contribution in [-0.4, -0.2) is 52.2 Å². The molecule has 0 unspecified atom stereocenters. The van der Waals surface area contributed by atoms with E-state index in [2.05, 4.69) is 18.5 Å². The predicted molar refractivity (Wildman–Crippen MR) is 64.2 cm³/mol. The maximum Gasteiger partial charge on any atom is 0.326 e. The lowest BCUT2D eigenvalue weighted by Crippen LogP contribution is -2.48. The summed E-state index contributed by atoms with van der Waals surface area (Å²) in [5.41, 5.74) is 0. The first kappa shape index (κ1) is 15.7. The first-order valence-corrected chi connectivity index (χ1v) is 5.14. The van der Waals surface area contributed by atoms with Crippen LogP contribution in [0, 0.1) is 0 Å². The molecule has 2 amide bonds. The summed E-state index contributed by atoms with van der Waals surface area (Å²) in [4.78, 5) is 34.2. The van der Waals surface area contributed by atoms with Gasteiger partial charge in [-0.2, -0.15) is 0 Å². The molecule has 0 rings (SSSR count). The molecular formula is C11H16N2O5. The molecule has 0 aromatic heterocycles. The van der Waals surface area contributed by atoms with Crippen LogP contribution in [0.2, 0.25) is 0 Å². The smallest absolute Gasteiger partial charge is 0.326 e. The molecule has 18 heavy (non-hydrogen) atoms. The van der Waals surface area contributed by atoms with Crippen LogP contribution >= 0.6 is 0 Å². The maximum atomic E-state index is 11.7. The van der Waals surface area contributed by atoms with Crippen LogP contribution in [-0.2, 0) is 9.59 Å². The van der Waals surface area contributed by atoms with Crippen molar-refractivity contribution in [3.63, 3.8) is 0 Å². The molecule has 0 heterocycles. The highest BCUT2D eigenvalue weighted by Gasteiger charge is 2.24. The van der Waals surface area contributed by atoms with Gasteiger partial charge in [-0.3, -0.25) is 4.79 Å². The molecule has 0 bridgehead atoms. The Morgan fingerprint density at radius 3 is 2.00 bits per heavy atom. The van der Waals surface area contributed by atoms with Crippen LogP contribution in [0.25, 0.3) is 0 Å². The zero-order chi connectivity index (χ0) is 14.1. The fraction of sp³-hybridized carbons (Fsp3) is 0.364. The van der Waals surface area contributed by atoms with E-state index in [-0.39, 0.29) is 13.1 Å². The van der Waals surface area contributed by atoms with Gasteiger partial charge in [0.1, 0.15) is 6.04 Å². The van der Waals surface area contributed by atoms with Crippen molar-refractivity contribution in [1.29, 1.82) is 0 Å². The van der Waals surface area contributed by atoms with Crippen LogP contribution in [0.5, 0.6) is 0 Å². The highest BCUT2D eigenvalue weighted by molar-refractivity contribution is 5.86. The van der Waals surface area contributed by atoms with Gasteiger partial charge in [0, 0.05) is 13.1 Å². The third kappa shape index (κ3) is 5.69. The maximum absolute atomic E-state index is 11.7. The summed E-state index contributed by atoms with van der Waals surface area (Å²) in [6.45, 7) is 7.33. The van der Waals surface area contributed by atoms with Crippen LogP contribution in [0.15, 0.2) is 25.3 Å². The lowest BCUT2D eigenvalue weighted by Gasteiger charge is -2.22. The summed E-state index contributed by atoms with van der Waals surface area (Å²) >= 11 is 0. The predicted octanol–water partition coefficient (Wildman–Crippen LogP) is 0.298. The van der Waals surface area contributed by atoms with Crippen molar-refractivity contribution in [3.05, 3.63) is 25.3 Å². The molecule has 0 spiro atoms. The molecule has 7 heteroatoms. The van der Waals surface area contributed by atoms with Crippen LogP contribution in [0.4, 0.5) is 4.79 Å². The first-order valence-electron chi connectivity index (χ1n) is 5.14. The van der Waals surface area contributed by atoms with Crippen molar-refractivity contribution in [2.75, 3.05) is 13.1 Å². The van der Waals surface area contributed by atoms with Gasteiger partial charge in [0.2, 0.25) is 0 Å². The zero-order valence-electron chi connectivity index (χ0n) is 9.83. The molecule has 0 aliphatic heterocycles. The Morgan fingerprint density at radius 2 is 1.67 bits per heavy atom. The van der Waals surface area contributed by atoms with E-state index in [1.54, 1.807) is 0 Å². The van der Waals surface area contributed by atoms with Gasteiger partial charge in [-0.25, -0.2) is 9.59 Å². The summed E-state index contributed by atoms with van der Waals surface area (Å²) in [7, 11) is 0. The standard InChI is InChI=1S/C11H16N2O5/c1-3-5-13(6-4-2)11(18)12-8(10(16)17)7-9(14)15/h3-4,8H,1-2,5-7H2,(H,12,18)(H,14,15)(H,16,17)/t8-/m0/s1. The molecule has 0 saturated heterocycles. The van der Waals surface area contributed by atoms with Crippen molar-refractivity contribution in [1.82, 2.24) is 10.2 Å². The summed E-state index contributed by atoms with van der Waals surface area (Å²) in [5, 5.41) is 19.4. The van der Waals surface area contributed by atoms with Gasteiger partial charge in [-0.05, 0) is 0 Å². The third-order valence-electron chi connectivity index (χ3n) is 1.96. The average molecular weight is 256 g/mol. The molecule has 1 atom stereocenters. The minimum Gasteiger partial charge on any atom is -0.481 e. The molecule has 0 aromatic rings. The Kier molecular flexibility index (Phi) is 6.87. The van der Waals surface area contributed by atoms with Crippen LogP contribution < -0.4 is 5.32 Å². The van der Waals surface area contributed by atoms with E-state index in [1.165, 1.54) is 17.1 Å². The number of hydrogen-bond acceptors (Lipinski definition) is 3. The summed E-state index contributed by atoms with van der Waals surface area (Å²) < 4.78 is 0. The molecule has 0 aromatic carbocycles. The molecule has 0 aliphatic carbocycles. The van der Waals surface area contributed by atoms with E-state index in [0.717, 1.165) is 0 Å². The summed E-state index contributed by atoms with van der Waals surface area (Å²) in [6.07, 6.45) is 2.25. The topological polar surface area (TPSA) is 107 Å². The Balaban J connectivity index is 4.63. The van der Waals surface area contributed by atoms with Crippen molar-refractivity contribution in [2.45, 2.75) is 12.5 Å². The van der Waals surface area contributed by atoms with Gasteiger partial charge >= 0.3 is 18.0 Å². The lowest BCUT2D eigenvalue weighted by atomic mass is 10.2. The molecule has 100 valence electrons. The van der Waals surface area contributed by atoms with Crippen molar-refractivity contribution in [2.24, 2.45) is 0 Å². The van der Waals surface area contributed by atoms with Gasteiger partial charge in [-0.15, -0.1) is 13.2 Å². The number of aliphatic carboxylic acids is 2. The van der Waals surface area contributed by atoms with E-state index in [1.807, 2.05) is 0 Å². The molecule has 0 radical (unpaired) electrons. The van der Waals surface area contributed by atoms with Crippen molar-refractivity contribution in [3.8, 4) is 0 Å². The monoisotopic (exact) mass is 256 g/mol. The quantitative estimate of drug-likeness (QED) is 0.541. The molecular weight excluding hydrogens is 240 g/mol. The fourth-order valence-electron chi connectivity index (χ4n) is 1.17. The largest absolute Gasteiger partial charge is 0.481 e. The molecule has 3 N–H and O–H groups in total. The highest BCUT2D eigenvalue weighted by atomic mass is 16.4. The van der Waals surface area contributed by atoms with Crippen LogP contribution in [0.3, 0.4) is 0 Å². The van der Waals surface area contributed by atoms with Crippen LogP contribution in [0.1, 0.15) is 6.42 Å². The zero-order valence-corrected chi connectivity index (χ0v) is 9.83. The van der Waals surface area contributed by atoms with Crippen molar-refractivity contribution >= 4 is 18.0 Å². The second-order valence-electron chi connectivity index (χ2n) is 3.42. The number of carboxylic acid groups (broad SMARTS) is 2. The molecule has 0 aliphatic rings. The Hall–Kier alpha value is -2.31. The van der Waals surface area contributed by atoms with Gasteiger partial charge < -0.3 is 20.4 Å². The normalized spacial score (nSPS) is 11.1.